The standard InChI is InChI=1S/C18H24N4O/c19-18(14-5-1-2-6-14)17(21-15-11-23-12-15)8-7-16(22-18)13-4-3-9-20-10-13/h3-4,7-10,14-15,21-22H,1-2,5-6,11-12,19H2. The SMILES string of the molecule is NC1(C2CCCC2)NC(c2cccnc2)=CC=C1NC1COC1. The monoisotopic (exact) mass is 312 g/mol. The third kappa shape index (κ3) is 2.75. The second-order valence-electron chi connectivity index (χ2n) is 6.76. The number of nitrogens with zero attached hydrogens (tertiary/aromatic N) is 1. The zero-order valence-corrected chi connectivity index (χ0v) is 13.3. The molecule has 1 saturated heterocycles. The average molecular weight is 312 g/mol. The Labute approximate surface area is 137 Å². The van der Waals surface area contributed by atoms with Crippen LogP contribution in [0.1, 0.15) is 31.2 Å². The minimum Gasteiger partial charge on any atom is -0.378 e. The van der Waals surface area contributed by atoms with Crippen molar-refractivity contribution < 1.29 is 4.74 Å². The van der Waals surface area contributed by atoms with Crippen molar-refractivity contribution >= 4 is 5.70 Å². The Balaban J connectivity index is 1.64. The van der Waals surface area contributed by atoms with Gasteiger partial charge in [0.25, 0.3) is 0 Å². The third-order valence-electron chi connectivity index (χ3n) is 5.17. The van der Waals surface area contributed by atoms with E-state index < -0.39 is 5.66 Å². The van der Waals surface area contributed by atoms with Gasteiger partial charge < -0.3 is 21.1 Å². The van der Waals surface area contributed by atoms with E-state index in [2.05, 4.69) is 33.8 Å². The van der Waals surface area contributed by atoms with Crippen LogP contribution in [0.2, 0.25) is 0 Å². The van der Waals surface area contributed by atoms with Gasteiger partial charge in [0.05, 0.1) is 25.0 Å². The number of pyridine rings is 1. The van der Waals surface area contributed by atoms with E-state index in [4.69, 9.17) is 10.5 Å². The quantitative estimate of drug-likeness (QED) is 0.790. The maximum Gasteiger partial charge on any atom is 0.130 e. The molecular formula is C18H24N4O. The molecule has 1 aromatic heterocycles. The van der Waals surface area contributed by atoms with Gasteiger partial charge in [-0.05, 0) is 37.1 Å². The van der Waals surface area contributed by atoms with Gasteiger partial charge >= 0.3 is 0 Å². The van der Waals surface area contributed by atoms with Crippen LogP contribution in [0.15, 0.2) is 42.4 Å². The highest BCUT2D eigenvalue weighted by atomic mass is 16.5. The van der Waals surface area contributed by atoms with E-state index in [0.29, 0.717) is 12.0 Å². The van der Waals surface area contributed by atoms with Crippen molar-refractivity contribution in [3.63, 3.8) is 0 Å². The maximum atomic E-state index is 6.92. The molecular weight excluding hydrogens is 288 g/mol. The molecule has 4 rings (SSSR count). The van der Waals surface area contributed by atoms with Crippen molar-refractivity contribution in [2.24, 2.45) is 11.7 Å². The molecule has 0 aromatic carbocycles. The van der Waals surface area contributed by atoms with Crippen molar-refractivity contribution in [1.82, 2.24) is 15.6 Å². The highest BCUT2D eigenvalue weighted by Crippen LogP contribution is 2.37. The summed E-state index contributed by atoms with van der Waals surface area (Å²) in [6.45, 7) is 1.52. The van der Waals surface area contributed by atoms with Crippen LogP contribution in [0.5, 0.6) is 0 Å². The van der Waals surface area contributed by atoms with Gasteiger partial charge in [-0.25, -0.2) is 0 Å². The fourth-order valence-electron chi connectivity index (χ4n) is 3.74. The number of allylic oxidation sites excluding steroid dienone is 2. The van der Waals surface area contributed by atoms with Gasteiger partial charge in [-0.2, -0.15) is 0 Å². The third-order valence-corrected chi connectivity index (χ3v) is 5.17. The van der Waals surface area contributed by atoms with Crippen LogP contribution in [0.4, 0.5) is 0 Å². The summed E-state index contributed by atoms with van der Waals surface area (Å²) in [5, 5.41) is 7.20. The Morgan fingerprint density at radius 1 is 1.26 bits per heavy atom. The zero-order valence-electron chi connectivity index (χ0n) is 13.3. The first-order valence-corrected chi connectivity index (χ1v) is 8.50. The summed E-state index contributed by atoms with van der Waals surface area (Å²) in [7, 11) is 0. The zero-order chi connectivity index (χ0) is 15.7. The van der Waals surface area contributed by atoms with E-state index in [9.17, 15) is 0 Å². The van der Waals surface area contributed by atoms with Gasteiger partial charge in [0.1, 0.15) is 5.66 Å². The number of nitrogens with one attached hydrogen (secondary N) is 2. The summed E-state index contributed by atoms with van der Waals surface area (Å²) in [6.07, 6.45) is 12.8. The summed E-state index contributed by atoms with van der Waals surface area (Å²) >= 11 is 0. The number of aromatic nitrogens is 1. The lowest BCUT2D eigenvalue weighted by Crippen LogP contribution is -2.64. The molecule has 5 heteroatoms. The molecule has 2 fully saturated rings. The van der Waals surface area contributed by atoms with E-state index in [-0.39, 0.29) is 0 Å². The van der Waals surface area contributed by atoms with E-state index in [1.165, 1.54) is 25.7 Å². The van der Waals surface area contributed by atoms with Gasteiger partial charge in [-0.1, -0.05) is 12.8 Å². The molecule has 3 heterocycles. The molecule has 0 bridgehead atoms. The fourth-order valence-corrected chi connectivity index (χ4v) is 3.74. The molecule has 5 nitrogen and oxygen atoms in total. The van der Waals surface area contributed by atoms with E-state index in [1.54, 1.807) is 6.20 Å². The molecule has 1 aromatic rings. The van der Waals surface area contributed by atoms with Crippen LogP contribution in [-0.2, 0) is 4.74 Å². The van der Waals surface area contributed by atoms with Crippen LogP contribution in [0, 0.1) is 5.92 Å². The molecule has 1 atom stereocenters. The van der Waals surface area contributed by atoms with Crippen molar-refractivity contribution in [2.45, 2.75) is 37.4 Å². The van der Waals surface area contributed by atoms with Crippen molar-refractivity contribution in [2.75, 3.05) is 13.2 Å². The van der Waals surface area contributed by atoms with Gasteiger partial charge in [0, 0.05) is 29.6 Å². The number of hydrogen-bond acceptors (Lipinski definition) is 5. The smallest absolute Gasteiger partial charge is 0.130 e. The lowest BCUT2D eigenvalue weighted by Gasteiger charge is -2.44. The molecule has 1 saturated carbocycles. The van der Waals surface area contributed by atoms with Gasteiger partial charge in [-0.3, -0.25) is 4.98 Å². The summed E-state index contributed by atoms with van der Waals surface area (Å²) in [6, 6.07) is 4.39. The van der Waals surface area contributed by atoms with Crippen LogP contribution >= 0.6 is 0 Å². The molecule has 2 aliphatic heterocycles. The Morgan fingerprint density at radius 3 is 2.74 bits per heavy atom. The maximum absolute atomic E-state index is 6.92. The number of ether oxygens (including phenoxy) is 1. The number of hydrogen-bond donors (Lipinski definition) is 3. The van der Waals surface area contributed by atoms with E-state index in [1.807, 2.05) is 12.3 Å². The highest BCUT2D eigenvalue weighted by Gasteiger charge is 2.43. The average Bonchev–Trinajstić information content (AvgIpc) is 3.08. The summed E-state index contributed by atoms with van der Waals surface area (Å²) < 4.78 is 5.29. The van der Waals surface area contributed by atoms with Gasteiger partial charge in [0.2, 0.25) is 0 Å². The molecule has 0 amide bonds. The number of rotatable bonds is 4. The molecule has 1 unspecified atom stereocenters. The fraction of sp³-hybridized carbons (Fsp3) is 0.500. The highest BCUT2D eigenvalue weighted by molar-refractivity contribution is 5.68. The molecule has 4 N–H and O–H groups in total. The minimum atomic E-state index is -0.536. The first-order chi connectivity index (χ1) is 11.3. The van der Waals surface area contributed by atoms with Crippen LogP contribution in [0.3, 0.4) is 0 Å². The number of dihydropyridines is 1. The Hall–Kier alpha value is -1.85. The lowest BCUT2D eigenvalue weighted by atomic mass is 9.85. The van der Waals surface area contributed by atoms with Crippen LogP contribution in [0.25, 0.3) is 5.70 Å². The summed E-state index contributed by atoms with van der Waals surface area (Å²) in [5.41, 5.74) is 9.59. The molecule has 3 aliphatic rings. The van der Waals surface area contributed by atoms with Crippen molar-refractivity contribution in [3.05, 3.63) is 47.9 Å². The van der Waals surface area contributed by atoms with Crippen molar-refractivity contribution in [1.29, 1.82) is 0 Å². The topological polar surface area (TPSA) is 72.2 Å². The molecule has 0 spiro atoms. The van der Waals surface area contributed by atoms with E-state index in [0.717, 1.165) is 30.2 Å². The van der Waals surface area contributed by atoms with Gasteiger partial charge in [-0.15, -0.1) is 0 Å². The van der Waals surface area contributed by atoms with Gasteiger partial charge in [0.15, 0.2) is 0 Å². The Kier molecular flexibility index (Phi) is 3.83. The van der Waals surface area contributed by atoms with E-state index >= 15 is 0 Å². The first kappa shape index (κ1) is 14.7. The Morgan fingerprint density at radius 2 is 2.09 bits per heavy atom. The normalized spacial score (nSPS) is 28.6. The van der Waals surface area contributed by atoms with Crippen LogP contribution < -0.4 is 16.4 Å². The molecule has 0 radical (unpaired) electrons. The Bertz CT molecular complexity index is 617. The predicted molar refractivity (Wildman–Crippen MR) is 90.1 cm³/mol. The summed E-state index contributed by atoms with van der Waals surface area (Å²) in [5.74, 6) is 0.447. The second-order valence-corrected chi connectivity index (χ2v) is 6.76. The summed E-state index contributed by atoms with van der Waals surface area (Å²) in [4.78, 5) is 4.22. The number of nitrogens with two attached hydrogens (primary N) is 1. The predicted octanol–water partition coefficient (Wildman–Crippen LogP) is 1.74. The minimum absolute atomic E-state index is 0.376. The largest absolute Gasteiger partial charge is 0.378 e. The molecule has 122 valence electrons. The van der Waals surface area contributed by atoms with Crippen LogP contribution in [-0.4, -0.2) is 29.9 Å². The second kappa shape index (κ2) is 5.98. The van der Waals surface area contributed by atoms with Crippen molar-refractivity contribution in [3.8, 4) is 0 Å². The first-order valence-electron chi connectivity index (χ1n) is 8.50. The molecule has 1 aliphatic carbocycles. The lowest BCUT2D eigenvalue weighted by molar-refractivity contribution is -0.00343. The molecule has 23 heavy (non-hydrogen) atoms.